The summed E-state index contributed by atoms with van der Waals surface area (Å²) in [4.78, 5) is 29.4. The number of aliphatic hydroxyl groups excluding tert-OH is 1. The fraction of sp³-hybridized carbons (Fsp3) is 0.261. The third-order valence-electron chi connectivity index (χ3n) is 5.56. The van der Waals surface area contributed by atoms with E-state index in [1.54, 1.807) is 42.5 Å². The van der Waals surface area contributed by atoms with Crippen molar-refractivity contribution in [3.63, 3.8) is 0 Å². The highest BCUT2D eigenvalue weighted by molar-refractivity contribution is 5.97. The molecule has 4 rings (SSSR count). The van der Waals surface area contributed by atoms with Gasteiger partial charge in [-0.15, -0.1) is 0 Å². The Labute approximate surface area is 195 Å². The predicted octanol–water partition coefficient (Wildman–Crippen LogP) is 2.90. The van der Waals surface area contributed by atoms with Crippen LogP contribution in [0.2, 0.25) is 0 Å². The van der Waals surface area contributed by atoms with Gasteiger partial charge >= 0.3 is 0 Å². The fourth-order valence-electron chi connectivity index (χ4n) is 4.02. The third kappa shape index (κ3) is 4.33. The summed E-state index contributed by atoms with van der Waals surface area (Å²) in [7, 11) is 1.50. The summed E-state index contributed by atoms with van der Waals surface area (Å²) in [6.45, 7) is 4.00. The Hall–Kier alpha value is -4.25. The summed E-state index contributed by atoms with van der Waals surface area (Å²) in [6, 6.07) is 12.3. The van der Waals surface area contributed by atoms with E-state index in [-0.39, 0.29) is 12.3 Å². The minimum Gasteiger partial charge on any atom is -0.495 e. The number of hydrogen-bond donors (Lipinski definition) is 3. The molecule has 11 nitrogen and oxygen atoms in total. The normalized spacial score (nSPS) is 16.9. The molecule has 2 aromatic carbocycles. The smallest absolute Gasteiger partial charge is 0.274 e. The van der Waals surface area contributed by atoms with Gasteiger partial charge < -0.3 is 20.5 Å². The van der Waals surface area contributed by atoms with Crippen LogP contribution in [0.15, 0.2) is 60.8 Å². The lowest BCUT2D eigenvalue weighted by Crippen LogP contribution is -2.39. The van der Waals surface area contributed by atoms with Crippen molar-refractivity contribution in [2.75, 3.05) is 24.4 Å². The molecule has 0 saturated heterocycles. The fourth-order valence-corrected chi connectivity index (χ4v) is 4.02. The van der Waals surface area contributed by atoms with Crippen LogP contribution in [0.5, 0.6) is 5.75 Å². The summed E-state index contributed by atoms with van der Waals surface area (Å²) in [5.41, 5.74) is 0.937. The van der Waals surface area contributed by atoms with E-state index >= 15 is 0 Å². The van der Waals surface area contributed by atoms with Crippen LogP contribution >= 0.6 is 0 Å². The van der Waals surface area contributed by atoms with Crippen LogP contribution in [0.25, 0.3) is 0 Å². The van der Waals surface area contributed by atoms with Gasteiger partial charge in [0.2, 0.25) is 11.9 Å². The second-order valence-electron chi connectivity index (χ2n) is 7.70. The highest BCUT2D eigenvalue weighted by Gasteiger charge is 2.42. The molecule has 0 bridgehead atoms. The average Bonchev–Trinajstić information content (AvgIpc) is 3.24. The van der Waals surface area contributed by atoms with E-state index in [1.807, 2.05) is 0 Å². The van der Waals surface area contributed by atoms with Crippen molar-refractivity contribution in [2.45, 2.75) is 18.9 Å². The van der Waals surface area contributed by atoms with Crippen LogP contribution in [0.4, 0.5) is 17.3 Å². The molecule has 0 aliphatic carbocycles. The van der Waals surface area contributed by atoms with Gasteiger partial charge in [-0.05, 0) is 24.6 Å². The first-order chi connectivity index (χ1) is 16.4. The van der Waals surface area contributed by atoms with Gasteiger partial charge in [0.05, 0.1) is 23.3 Å². The van der Waals surface area contributed by atoms with Gasteiger partial charge in [-0.3, -0.25) is 14.9 Å². The zero-order chi connectivity index (χ0) is 24.2. The number of benzene rings is 2. The Bertz CT molecular complexity index is 1240. The Kier molecular flexibility index (Phi) is 6.55. The van der Waals surface area contributed by atoms with Crippen LogP contribution < -0.4 is 15.4 Å². The van der Waals surface area contributed by atoms with E-state index in [2.05, 4.69) is 27.3 Å². The predicted molar refractivity (Wildman–Crippen MR) is 125 cm³/mol. The standard InChI is InChI=1S/C23H24N6O5/c1-14-20(22(31)25-16-9-4-6-11-18(16)34-2)21(15-8-3-5-10-17(15)29(32)33)28-23(24-14)26-19(27-28)12-7-13-30/h3-6,8-11,20-21,30H,1,7,12-13H2,2H3,(H,25,31)(H,24,26,27)/t20-,21-/m0/s1. The first kappa shape index (κ1) is 22.9. The molecular weight excluding hydrogens is 440 g/mol. The second kappa shape index (κ2) is 9.71. The molecule has 11 heteroatoms. The molecule has 2 atom stereocenters. The molecular formula is C23H24N6O5. The molecule has 2 heterocycles. The highest BCUT2D eigenvalue weighted by atomic mass is 16.6. The molecule has 0 unspecified atom stereocenters. The minimum absolute atomic E-state index is 0.0263. The van der Waals surface area contributed by atoms with Gasteiger partial charge in [0.1, 0.15) is 17.7 Å². The van der Waals surface area contributed by atoms with Crippen molar-refractivity contribution >= 4 is 23.2 Å². The number of amides is 1. The SMILES string of the molecule is C=C1Nc2nc(CCCO)nn2[C@@H](c2ccccc2[N+](=O)[O-])[C@H]1C(=O)Nc1ccccc1OC. The Morgan fingerprint density at radius 3 is 2.76 bits per heavy atom. The highest BCUT2D eigenvalue weighted by Crippen LogP contribution is 2.41. The first-order valence-electron chi connectivity index (χ1n) is 10.6. The summed E-state index contributed by atoms with van der Waals surface area (Å²) in [6.07, 6.45) is 0.866. The monoisotopic (exact) mass is 464 g/mol. The van der Waals surface area contributed by atoms with Gasteiger partial charge in [-0.1, -0.05) is 30.8 Å². The number of nitro benzene ring substituents is 1. The summed E-state index contributed by atoms with van der Waals surface area (Å²) < 4.78 is 6.81. The van der Waals surface area contributed by atoms with E-state index in [0.717, 1.165) is 0 Å². The number of rotatable bonds is 8. The Balaban J connectivity index is 1.81. The molecule has 1 amide bonds. The average molecular weight is 464 g/mol. The largest absolute Gasteiger partial charge is 0.495 e. The number of nitrogens with zero attached hydrogens (tertiary/aromatic N) is 4. The molecule has 3 aromatic rings. The summed E-state index contributed by atoms with van der Waals surface area (Å²) in [5, 5.41) is 31.4. The maximum absolute atomic E-state index is 13.6. The second-order valence-corrected chi connectivity index (χ2v) is 7.70. The quantitative estimate of drug-likeness (QED) is 0.341. The van der Waals surface area contributed by atoms with E-state index in [0.29, 0.717) is 47.3 Å². The van der Waals surface area contributed by atoms with Gasteiger partial charge in [0, 0.05) is 24.8 Å². The lowest BCUT2D eigenvalue weighted by molar-refractivity contribution is -0.385. The van der Waals surface area contributed by atoms with Crippen LogP contribution in [0.3, 0.4) is 0 Å². The number of nitrogens with one attached hydrogen (secondary N) is 2. The number of aryl methyl sites for hydroxylation is 1. The number of ether oxygens (including phenoxy) is 1. The number of carbonyl (C=O) groups excluding carboxylic acids is 1. The summed E-state index contributed by atoms with van der Waals surface area (Å²) in [5.74, 6) is -0.157. The maximum atomic E-state index is 13.6. The number of carbonyl (C=O) groups is 1. The number of aromatic nitrogens is 3. The van der Waals surface area contributed by atoms with E-state index in [4.69, 9.17) is 9.84 Å². The maximum Gasteiger partial charge on any atom is 0.274 e. The number of hydrogen-bond acceptors (Lipinski definition) is 8. The van der Waals surface area contributed by atoms with Crippen LogP contribution in [-0.2, 0) is 11.2 Å². The van der Waals surface area contributed by atoms with E-state index < -0.39 is 22.8 Å². The summed E-state index contributed by atoms with van der Waals surface area (Å²) >= 11 is 0. The Morgan fingerprint density at radius 1 is 1.29 bits per heavy atom. The lowest BCUT2D eigenvalue weighted by Gasteiger charge is -2.33. The van der Waals surface area contributed by atoms with Crippen molar-refractivity contribution in [2.24, 2.45) is 5.92 Å². The van der Waals surface area contributed by atoms with Crippen LogP contribution in [0, 0.1) is 16.0 Å². The van der Waals surface area contributed by atoms with Crippen LogP contribution in [0.1, 0.15) is 23.9 Å². The number of nitro groups is 1. The van der Waals surface area contributed by atoms with Crippen LogP contribution in [-0.4, -0.2) is 44.4 Å². The van der Waals surface area contributed by atoms with Crippen molar-refractivity contribution in [3.8, 4) is 5.75 Å². The van der Waals surface area contributed by atoms with E-state index in [1.165, 1.54) is 17.9 Å². The number of fused-ring (bicyclic) bond motifs is 1. The van der Waals surface area contributed by atoms with Crippen molar-refractivity contribution in [1.82, 2.24) is 14.8 Å². The minimum atomic E-state index is -0.953. The topological polar surface area (TPSA) is 144 Å². The molecule has 0 saturated carbocycles. The zero-order valence-electron chi connectivity index (χ0n) is 18.5. The number of methoxy groups -OCH3 is 1. The third-order valence-corrected chi connectivity index (χ3v) is 5.56. The molecule has 1 aromatic heterocycles. The zero-order valence-corrected chi connectivity index (χ0v) is 18.5. The molecule has 1 aliphatic rings. The Morgan fingerprint density at radius 2 is 2.03 bits per heavy atom. The van der Waals surface area contributed by atoms with E-state index in [9.17, 15) is 14.9 Å². The molecule has 0 fully saturated rings. The lowest BCUT2D eigenvalue weighted by atomic mass is 9.87. The molecule has 1 aliphatic heterocycles. The van der Waals surface area contributed by atoms with Gasteiger partial charge in [-0.2, -0.15) is 10.1 Å². The molecule has 0 radical (unpaired) electrons. The molecule has 176 valence electrons. The van der Waals surface area contributed by atoms with Crippen molar-refractivity contribution < 1.29 is 19.6 Å². The van der Waals surface area contributed by atoms with Gasteiger partial charge in [0.15, 0.2) is 5.82 Å². The number of aliphatic hydroxyl groups is 1. The van der Waals surface area contributed by atoms with Crippen molar-refractivity contribution in [1.29, 1.82) is 0 Å². The molecule has 34 heavy (non-hydrogen) atoms. The number of para-hydroxylation sites is 3. The molecule has 0 spiro atoms. The van der Waals surface area contributed by atoms with Crippen molar-refractivity contribution in [3.05, 3.63) is 82.3 Å². The number of anilines is 2. The molecule has 3 N–H and O–H groups in total. The first-order valence-corrected chi connectivity index (χ1v) is 10.6. The van der Waals surface area contributed by atoms with Gasteiger partial charge in [0.25, 0.3) is 5.69 Å². The van der Waals surface area contributed by atoms with Gasteiger partial charge in [-0.25, -0.2) is 4.68 Å².